The summed E-state index contributed by atoms with van der Waals surface area (Å²) in [5.74, 6) is 0.680. The zero-order valence-corrected chi connectivity index (χ0v) is 9.23. The van der Waals surface area contributed by atoms with Crippen LogP contribution in [0.15, 0.2) is 18.2 Å². The Labute approximate surface area is 92.7 Å². The Kier molecular flexibility index (Phi) is 2.60. The van der Waals surface area contributed by atoms with Crippen LogP contribution in [0, 0.1) is 0 Å². The predicted molar refractivity (Wildman–Crippen MR) is 56.3 cm³/mol. The van der Waals surface area contributed by atoms with E-state index in [1.165, 1.54) is 0 Å². The molecule has 14 heavy (non-hydrogen) atoms. The van der Waals surface area contributed by atoms with Gasteiger partial charge in [-0.3, -0.25) is 0 Å². The number of rotatable bonds is 3. The van der Waals surface area contributed by atoms with E-state index in [0.29, 0.717) is 22.4 Å². The van der Waals surface area contributed by atoms with Crippen molar-refractivity contribution >= 4 is 23.2 Å². The first-order chi connectivity index (χ1) is 6.57. The van der Waals surface area contributed by atoms with E-state index in [0.717, 1.165) is 6.61 Å². The van der Waals surface area contributed by atoms with E-state index in [4.69, 9.17) is 32.7 Å². The van der Waals surface area contributed by atoms with Crippen LogP contribution in [0.2, 0.25) is 10.0 Å². The molecule has 0 N–H and O–H groups in total. The van der Waals surface area contributed by atoms with Gasteiger partial charge in [-0.15, -0.1) is 0 Å². The second kappa shape index (κ2) is 3.61. The van der Waals surface area contributed by atoms with Gasteiger partial charge in [0, 0.05) is 10.0 Å². The molecule has 76 valence electrons. The predicted octanol–water partition coefficient (Wildman–Crippen LogP) is 3.16. The first-order valence-electron chi connectivity index (χ1n) is 4.30. The Bertz CT molecular complexity index is 328. The van der Waals surface area contributed by atoms with E-state index in [1.54, 1.807) is 18.2 Å². The molecule has 2 nitrogen and oxygen atoms in total. The van der Waals surface area contributed by atoms with Crippen molar-refractivity contribution in [3.05, 3.63) is 28.2 Å². The van der Waals surface area contributed by atoms with Gasteiger partial charge >= 0.3 is 0 Å². The Morgan fingerprint density at radius 1 is 1.36 bits per heavy atom. The van der Waals surface area contributed by atoms with E-state index in [2.05, 4.69) is 0 Å². The maximum atomic E-state index is 5.82. The van der Waals surface area contributed by atoms with Gasteiger partial charge in [-0.2, -0.15) is 0 Å². The van der Waals surface area contributed by atoms with Crippen LogP contribution < -0.4 is 4.74 Å². The minimum Gasteiger partial charge on any atom is -0.490 e. The van der Waals surface area contributed by atoms with Gasteiger partial charge in [0.05, 0.1) is 6.61 Å². The second-order valence-electron chi connectivity index (χ2n) is 3.63. The van der Waals surface area contributed by atoms with Gasteiger partial charge in [-0.25, -0.2) is 0 Å². The molecule has 1 aliphatic rings. The largest absolute Gasteiger partial charge is 0.490 e. The van der Waals surface area contributed by atoms with Crippen LogP contribution in [0.4, 0.5) is 0 Å². The lowest BCUT2D eigenvalue weighted by Gasteiger charge is -2.09. The zero-order valence-electron chi connectivity index (χ0n) is 7.72. The number of hydrogen-bond acceptors (Lipinski definition) is 2. The van der Waals surface area contributed by atoms with E-state index in [9.17, 15) is 0 Å². The molecule has 0 bridgehead atoms. The highest BCUT2D eigenvalue weighted by atomic mass is 35.5. The summed E-state index contributed by atoms with van der Waals surface area (Å²) in [5.41, 5.74) is -0.116. The number of epoxide rings is 1. The minimum atomic E-state index is -0.116. The molecule has 1 saturated heterocycles. The highest BCUT2D eigenvalue weighted by Gasteiger charge is 2.40. The molecule has 0 radical (unpaired) electrons. The lowest BCUT2D eigenvalue weighted by atomic mass is 10.2. The Balaban J connectivity index is 2.01. The maximum absolute atomic E-state index is 5.82. The molecular weight excluding hydrogens is 223 g/mol. The van der Waals surface area contributed by atoms with Gasteiger partial charge in [-0.05, 0) is 25.1 Å². The number of benzene rings is 1. The molecule has 0 spiro atoms. The monoisotopic (exact) mass is 232 g/mol. The standard InChI is InChI=1S/C10H10Cl2O2/c1-10(6-14-10)5-13-9-3-7(11)2-8(12)4-9/h2-4H,5-6H2,1H3. The lowest BCUT2D eigenvalue weighted by Crippen LogP contribution is -2.16. The highest BCUT2D eigenvalue weighted by Crippen LogP contribution is 2.29. The topological polar surface area (TPSA) is 21.8 Å². The molecule has 0 aliphatic carbocycles. The first kappa shape index (κ1) is 10.1. The number of halogens is 2. The molecule has 0 saturated carbocycles. The third kappa shape index (κ3) is 2.53. The average Bonchev–Trinajstić information content (AvgIpc) is 2.80. The summed E-state index contributed by atoms with van der Waals surface area (Å²) in [6.45, 7) is 3.28. The molecule has 1 heterocycles. The second-order valence-corrected chi connectivity index (χ2v) is 4.51. The van der Waals surface area contributed by atoms with Gasteiger partial charge in [0.25, 0.3) is 0 Å². The molecule has 4 heteroatoms. The smallest absolute Gasteiger partial charge is 0.123 e. The van der Waals surface area contributed by atoms with Crippen molar-refractivity contribution in [3.63, 3.8) is 0 Å². The van der Waals surface area contributed by atoms with Crippen LogP contribution in [-0.4, -0.2) is 18.8 Å². The van der Waals surface area contributed by atoms with Gasteiger partial charge in [0.2, 0.25) is 0 Å². The first-order valence-corrected chi connectivity index (χ1v) is 5.06. The van der Waals surface area contributed by atoms with Crippen molar-refractivity contribution < 1.29 is 9.47 Å². The van der Waals surface area contributed by atoms with Gasteiger partial charge in [0.1, 0.15) is 18.0 Å². The fourth-order valence-electron chi connectivity index (χ4n) is 1.05. The Morgan fingerprint density at radius 2 is 1.93 bits per heavy atom. The highest BCUT2D eigenvalue weighted by molar-refractivity contribution is 6.34. The van der Waals surface area contributed by atoms with Crippen molar-refractivity contribution in [1.82, 2.24) is 0 Å². The quantitative estimate of drug-likeness (QED) is 0.748. The van der Waals surface area contributed by atoms with Crippen molar-refractivity contribution in [2.75, 3.05) is 13.2 Å². The molecule has 1 aromatic carbocycles. The Morgan fingerprint density at radius 3 is 2.43 bits per heavy atom. The maximum Gasteiger partial charge on any atom is 0.123 e. The molecule has 1 unspecified atom stereocenters. The minimum absolute atomic E-state index is 0.116. The summed E-state index contributed by atoms with van der Waals surface area (Å²) in [5, 5.41) is 1.16. The third-order valence-electron chi connectivity index (χ3n) is 2.02. The molecule has 0 aromatic heterocycles. The van der Waals surface area contributed by atoms with E-state index < -0.39 is 0 Å². The molecule has 2 rings (SSSR count). The zero-order chi connectivity index (χ0) is 10.2. The summed E-state index contributed by atoms with van der Waals surface area (Å²) >= 11 is 11.6. The molecule has 1 aliphatic heterocycles. The van der Waals surface area contributed by atoms with E-state index in [1.807, 2.05) is 6.92 Å². The van der Waals surface area contributed by atoms with E-state index >= 15 is 0 Å². The SMILES string of the molecule is CC1(COc2cc(Cl)cc(Cl)c2)CO1. The molecule has 0 amide bonds. The van der Waals surface area contributed by atoms with Crippen molar-refractivity contribution in [2.45, 2.75) is 12.5 Å². The summed E-state index contributed by atoms with van der Waals surface area (Å²) in [6, 6.07) is 5.14. The van der Waals surface area contributed by atoms with Crippen LogP contribution >= 0.6 is 23.2 Å². The van der Waals surface area contributed by atoms with Crippen LogP contribution in [0.25, 0.3) is 0 Å². The number of hydrogen-bond donors (Lipinski definition) is 0. The molecule has 1 fully saturated rings. The molecule has 1 aromatic rings. The molecule has 1 atom stereocenters. The Hall–Kier alpha value is -0.440. The summed E-state index contributed by atoms with van der Waals surface area (Å²) in [4.78, 5) is 0. The van der Waals surface area contributed by atoms with Crippen LogP contribution in [0.1, 0.15) is 6.92 Å². The van der Waals surface area contributed by atoms with Crippen molar-refractivity contribution in [3.8, 4) is 5.75 Å². The summed E-state index contributed by atoms with van der Waals surface area (Å²) in [7, 11) is 0. The van der Waals surface area contributed by atoms with Crippen LogP contribution in [-0.2, 0) is 4.74 Å². The fraction of sp³-hybridized carbons (Fsp3) is 0.400. The van der Waals surface area contributed by atoms with Gasteiger partial charge in [0.15, 0.2) is 0 Å². The van der Waals surface area contributed by atoms with Gasteiger partial charge < -0.3 is 9.47 Å². The summed E-state index contributed by atoms with van der Waals surface area (Å²) < 4.78 is 10.7. The van der Waals surface area contributed by atoms with Gasteiger partial charge in [-0.1, -0.05) is 23.2 Å². The van der Waals surface area contributed by atoms with Crippen molar-refractivity contribution in [2.24, 2.45) is 0 Å². The van der Waals surface area contributed by atoms with E-state index in [-0.39, 0.29) is 5.60 Å². The number of ether oxygens (including phenoxy) is 2. The van der Waals surface area contributed by atoms with Crippen LogP contribution in [0.5, 0.6) is 5.75 Å². The third-order valence-corrected chi connectivity index (χ3v) is 2.45. The fourth-order valence-corrected chi connectivity index (χ4v) is 1.56. The van der Waals surface area contributed by atoms with Crippen molar-refractivity contribution in [1.29, 1.82) is 0 Å². The lowest BCUT2D eigenvalue weighted by molar-refractivity contribution is 0.202. The molecular formula is C10H10Cl2O2. The summed E-state index contributed by atoms with van der Waals surface area (Å²) in [6.07, 6.45) is 0. The average molecular weight is 233 g/mol. The van der Waals surface area contributed by atoms with Crippen LogP contribution in [0.3, 0.4) is 0 Å². The normalized spacial score (nSPS) is 24.8.